The molecule has 1 unspecified atom stereocenters. The van der Waals surface area contributed by atoms with Gasteiger partial charge in [-0.2, -0.15) is 5.10 Å². The van der Waals surface area contributed by atoms with E-state index >= 15 is 0 Å². The Bertz CT molecular complexity index is 1180. The average Bonchev–Trinajstić information content (AvgIpc) is 3.26. The fourth-order valence-electron chi connectivity index (χ4n) is 4.31. The van der Waals surface area contributed by atoms with Gasteiger partial charge in [-0.05, 0) is 81.5 Å². The fraction of sp³-hybridized carbons (Fsp3) is 0.370. The Morgan fingerprint density at radius 3 is 2.61 bits per heavy atom. The molecule has 1 atom stereocenters. The molecule has 2 heterocycles. The summed E-state index contributed by atoms with van der Waals surface area (Å²) in [6.45, 7) is 9.32. The van der Waals surface area contributed by atoms with Gasteiger partial charge in [-0.1, -0.05) is 24.3 Å². The zero-order chi connectivity index (χ0) is 23.5. The van der Waals surface area contributed by atoms with Crippen LogP contribution in [0.5, 0.6) is 0 Å². The Labute approximate surface area is 195 Å². The van der Waals surface area contributed by atoms with Gasteiger partial charge in [-0.15, -0.1) is 0 Å². The molecule has 0 radical (unpaired) electrons. The van der Waals surface area contributed by atoms with Crippen molar-refractivity contribution >= 4 is 11.9 Å². The molecule has 0 N–H and O–H groups in total. The lowest BCUT2D eigenvalue weighted by Crippen LogP contribution is -2.43. The van der Waals surface area contributed by atoms with E-state index < -0.39 is 0 Å². The highest BCUT2D eigenvalue weighted by Crippen LogP contribution is 2.27. The first kappa shape index (κ1) is 22.8. The monoisotopic (exact) mass is 445 g/mol. The number of likely N-dealkylation sites (tertiary alicyclic amines) is 1. The van der Waals surface area contributed by atoms with Crippen molar-refractivity contribution in [3.8, 4) is 16.9 Å². The van der Waals surface area contributed by atoms with Crippen LogP contribution < -0.4 is 0 Å². The molecule has 0 saturated carbocycles. The zero-order valence-electron chi connectivity index (χ0n) is 19.8. The second kappa shape index (κ2) is 9.61. The number of aromatic nitrogens is 2. The van der Waals surface area contributed by atoms with Gasteiger partial charge in [0, 0.05) is 18.7 Å². The summed E-state index contributed by atoms with van der Waals surface area (Å²) in [5.74, 6) is -0.622. The van der Waals surface area contributed by atoms with E-state index in [1.807, 2.05) is 43.3 Å². The maximum atomic E-state index is 13.7. The molecule has 1 aromatic heterocycles. The highest BCUT2D eigenvalue weighted by molar-refractivity contribution is 5.95. The van der Waals surface area contributed by atoms with E-state index in [1.165, 1.54) is 11.1 Å². The predicted octanol–water partition coefficient (Wildman–Crippen LogP) is 4.88. The van der Waals surface area contributed by atoms with Crippen molar-refractivity contribution in [2.45, 2.75) is 40.5 Å². The number of carbonyl (C=O) groups is 2. The van der Waals surface area contributed by atoms with E-state index in [0.29, 0.717) is 25.4 Å². The number of ether oxygens (including phenoxy) is 1. The molecule has 2 aromatic carbocycles. The van der Waals surface area contributed by atoms with Crippen molar-refractivity contribution in [3.63, 3.8) is 0 Å². The average molecular weight is 446 g/mol. The number of nitrogens with zero attached hydrogens (tertiary/aromatic N) is 3. The Morgan fingerprint density at radius 1 is 1.06 bits per heavy atom. The van der Waals surface area contributed by atoms with Crippen LogP contribution in [0.15, 0.2) is 48.5 Å². The topological polar surface area (TPSA) is 64.4 Å². The van der Waals surface area contributed by atoms with Crippen LogP contribution in [-0.2, 0) is 9.53 Å². The largest absolute Gasteiger partial charge is 0.466 e. The van der Waals surface area contributed by atoms with Crippen LogP contribution in [0.1, 0.15) is 46.9 Å². The quantitative estimate of drug-likeness (QED) is 0.525. The van der Waals surface area contributed by atoms with E-state index in [9.17, 15) is 9.59 Å². The van der Waals surface area contributed by atoms with Gasteiger partial charge >= 0.3 is 5.97 Å². The number of hydrogen-bond donors (Lipinski definition) is 0. The van der Waals surface area contributed by atoms with Crippen LogP contribution in [0.4, 0.5) is 0 Å². The Kier molecular flexibility index (Phi) is 6.63. The summed E-state index contributed by atoms with van der Waals surface area (Å²) in [6.07, 6.45) is 1.52. The lowest BCUT2D eigenvalue weighted by molar-refractivity contribution is -0.149. The number of esters is 1. The molecule has 1 saturated heterocycles. The Hall–Kier alpha value is -3.41. The van der Waals surface area contributed by atoms with Crippen LogP contribution in [0, 0.1) is 26.7 Å². The maximum Gasteiger partial charge on any atom is 0.310 e. The van der Waals surface area contributed by atoms with E-state index in [-0.39, 0.29) is 17.8 Å². The summed E-state index contributed by atoms with van der Waals surface area (Å²) in [6, 6.07) is 16.0. The lowest BCUT2D eigenvalue weighted by atomic mass is 9.98. The zero-order valence-corrected chi connectivity index (χ0v) is 19.8. The van der Waals surface area contributed by atoms with Crippen molar-refractivity contribution in [1.29, 1.82) is 0 Å². The Balaban J connectivity index is 1.72. The summed E-state index contributed by atoms with van der Waals surface area (Å²) in [7, 11) is 0. The lowest BCUT2D eigenvalue weighted by Gasteiger charge is -2.31. The molecular weight excluding hydrogens is 414 g/mol. The second-order valence-electron chi connectivity index (χ2n) is 8.81. The highest BCUT2D eigenvalue weighted by Gasteiger charge is 2.31. The molecule has 3 aromatic rings. The van der Waals surface area contributed by atoms with Gasteiger partial charge in [0.1, 0.15) is 5.69 Å². The molecule has 1 fully saturated rings. The molecule has 0 aliphatic carbocycles. The highest BCUT2D eigenvalue weighted by atomic mass is 16.5. The van der Waals surface area contributed by atoms with Crippen molar-refractivity contribution in [1.82, 2.24) is 14.7 Å². The summed E-state index contributed by atoms with van der Waals surface area (Å²) in [5, 5.41) is 4.84. The SMILES string of the molecule is CCOC(=O)C1CCCN(C(=O)c2cc(-c3ccc(C)c(C)c3)nn2-c2cccc(C)c2)C1. The third kappa shape index (κ3) is 4.85. The first-order valence-corrected chi connectivity index (χ1v) is 11.6. The molecule has 0 spiro atoms. The van der Waals surface area contributed by atoms with Gasteiger partial charge in [-0.25, -0.2) is 4.68 Å². The summed E-state index contributed by atoms with van der Waals surface area (Å²) < 4.78 is 6.94. The Morgan fingerprint density at radius 2 is 1.88 bits per heavy atom. The minimum absolute atomic E-state index is 0.118. The van der Waals surface area contributed by atoms with E-state index in [2.05, 4.69) is 26.0 Å². The summed E-state index contributed by atoms with van der Waals surface area (Å²) in [5.41, 5.74) is 6.55. The van der Waals surface area contributed by atoms with Gasteiger partial charge in [0.25, 0.3) is 5.91 Å². The second-order valence-corrected chi connectivity index (χ2v) is 8.81. The molecule has 33 heavy (non-hydrogen) atoms. The molecule has 1 amide bonds. The number of piperidine rings is 1. The maximum absolute atomic E-state index is 13.7. The van der Waals surface area contributed by atoms with Gasteiger partial charge in [0.2, 0.25) is 0 Å². The summed E-state index contributed by atoms with van der Waals surface area (Å²) >= 11 is 0. The van der Waals surface area contributed by atoms with Crippen molar-refractivity contribution in [2.24, 2.45) is 5.92 Å². The molecule has 6 heteroatoms. The van der Waals surface area contributed by atoms with Crippen LogP contribution in [-0.4, -0.2) is 46.3 Å². The van der Waals surface area contributed by atoms with Crippen molar-refractivity contribution in [3.05, 3.63) is 70.9 Å². The molecular formula is C27H31N3O3. The minimum Gasteiger partial charge on any atom is -0.466 e. The summed E-state index contributed by atoms with van der Waals surface area (Å²) in [4.78, 5) is 27.7. The van der Waals surface area contributed by atoms with Crippen LogP contribution in [0.2, 0.25) is 0 Å². The molecule has 1 aliphatic rings. The number of amides is 1. The van der Waals surface area contributed by atoms with Crippen molar-refractivity contribution in [2.75, 3.05) is 19.7 Å². The standard InChI is InChI=1S/C27H31N3O3/c1-5-33-27(32)22-9-7-13-29(17-22)26(31)25-16-24(21-12-11-19(3)20(4)15-21)28-30(25)23-10-6-8-18(2)14-23/h6,8,10-12,14-16,22H,5,7,9,13,17H2,1-4H3. The third-order valence-electron chi connectivity index (χ3n) is 6.31. The van der Waals surface area contributed by atoms with Crippen LogP contribution in [0.3, 0.4) is 0 Å². The molecule has 172 valence electrons. The number of carbonyl (C=O) groups excluding carboxylic acids is 2. The number of hydrogen-bond acceptors (Lipinski definition) is 4. The molecule has 6 nitrogen and oxygen atoms in total. The number of benzene rings is 2. The van der Waals surface area contributed by atoms with Gasteiger partial charge in [-0.3, -0.25) is 9.59 Å². The van der Waals surface area contributed by atoms with Crippen LogP contribution in [0.25, 0.3) is 16.9 Å². The van der Waals surface area contributed by atoms with Crippen molar-refractivity contribution < 1.29 is 14.3 Å². The smallest absolute Gasteiger partial charge is 0.310 e. The third-order valence-corrected chi connectivity index (χ3v) is 6.31. The minimum atomic E-state index is -0.280. The first-order valence-electron chi connectivity index (χ1n) is 11.6. The first-order chi connectivity index (χ1) is 15.9. The molecule has 4 rings (SSSR count). The van der Waals surface area contributed by atoms with E-state index in [1.54, 1.807) is 16.5 Å². The molecule has 0 bridgehead atoms. The fourth-order valence-corrected chi connectivity index (χ4v) is 4.31. The normalized spacial score (nSPS) is 16.0. The molecule has 1 aliphatic heterocycles. The number of aryl methyl sites for hydroxylation is 3. The predicted molar refractivity (Wildman–Crippen MR) is 128 cm³/mol. The van der Waals surface area contributed by atoms with Gasteiger partial charge < -0.3 is 9.64 Å². The van der Waals surface area contributed by atoms with E-state index in [4.69, 9.17) is 9.84 Å². The van der Waals surface area contributed by atoms with E-state index in [0.717, 1.165) is 35.3 Å². The van der Waals surface area contributed by atoms with Gasteiger partial charge in [0.05, 0.1) is 23.9 Å². The number of rotatable bonds is 5. The van der Waals surface area contributed by atoms with Crippen LogP contribution >= 0.6 is 0 Å². The van der Waals surface area contributed by atoms with Gasteiger partial charge in [0.15, 0.2) is 0 Å².